The first-order chi connectivity index (χ1) is 14.9. The Balaban J connectivity index is 1.64. The molecule has 1 aromatic carbocycles. The largest absolute Gasteiger partial charge is 0.372 e. The summed E-state index contributed by atoms with van der Waals surface area (Å²) in [6.45, 7) is 10.2. The fourth-order valence-electron chi connectivity index (χ4n) is 4.35. The summed E-state index contributed by atoms with van der Waals surface area (Å²) in [4.78, 5) is 15.0. The molecule has 7 nitrogen and oxygen atoms in total. The fraction of sp³-hybridized carbons (Fsp3) is 0.696. The van der Waals surface area contributed by atoms with Crippen LogP contribution < -0.4 is 14.9 Å². The lowest BCUT2D eigenvalue weighted by atomic mass is 9.86. The van der Waals surface area contributed by atoms with Gasteiger partial charge in [-0.05, 0) is 78.5 Å². The van der Waals surface area contributed by atoms with Crippen molar-refractivity contribution in [2.75, 3.05) is 23.3 Å². The normalized spacial score (nSPS) is 27.2. The summed E-state index contributed by atoms with van der Waals surface area (Å²) in [6.07, 6.45) is 2.46. The fourth-order valence-corrected chi connectivity index (χ4v) is 5.38. The molecule has 3 rings (SSSR count). The number of carbonyl (C=O) groups excluding carboxylic acids is 1. The van der Waals surface area contributed by atoms with Crippen LogP contribution in [0.25, 0.3) is 0 Å². The zero-order chi connectivity index (χ0) is 23.7. The van der Waals surface area contributed by atoms with E-state index in [2.05, 4.69) is 14.9 Å². The average molecular weight is 470 g/mol. The predicted molar refractivity (Wildman–Crippen MR) is 125 cm³/mol. The highest BCUT2D eigenvalue weighted by Gasteiger charge is 2.34. The molecule has 1 saturated carbocycles. The number of sulfonamides is 1. The summed E-state index contributed by atoms with van der Waals surface area (Å²) in [6, 6.07) is 4.26. The van der Waals surface area contributed by atoms with Gasteiger partial charge in [-0.3, -0.25) is 4.79 Å². The van der Waals surface area contributed by atoms with Gasteiger partial charge in [0.15, 0.2) is 0 Å². The summed E-state index contributed by atoms with van der Waals surface area (Å²) in [5.41, 5.74) is 1.25. The van der Waals surface area contributed by atoms with E-state index in [1.165, 1.54) is 12.1 Å². The molecule has 32 heavy (non-hydrogen) atoms. The van der Waals surface area contributed by atoms with Gasteiger partial charge in [-0.2, -0.15) is 0 Å². The predicted octanol–water partition coefficient (Wildman–Crippen LogP) is 3.65. The molecule has 1 aliphatic heterocycles. The van der Waals surface area contributed by atoms with E-state index in [9.17, 15) is 17.6 Å². The Hall–Kier alpha value is -1.71. The van der Waals surface area contributed by atoms with E-state index in [0.717, 1.165) is 0 Å². The Morgan fingerprint density at radius 1 is 1.09 bits per heavy atom. The molecule has 2 fully saturated rings. The van der Waals surface area contributed by atoms with Gasteiger partial charge in [0.05, 0.1) is 28.3 Å². The van der Waals surface area contributed by atoms with Crippen molar-refractivity contribution in [3.8, 4) is 0 Å². The molecule has 180 valence electrons. The highest BCUT2D eigenvalue weighted by Crippen LogP contribution is 2.32. The second-order valence-corrected chi connectivity index (χ2v) is 12.6. The smallest absolute Gasteiger partial charge is 0.227 e. The van der Waals surface area contributed by atoms with Gasteiger partial charge in [0.25, 0.3) is 0 Å². The standard InChI is InChI=1S/C23H36FN3O4S/c1-15-13-27(14-16(2)31-15)21-12-18(24)8-11-20(21)25-22(28)17-6-9-19(10-7-17)26-32(29,30)23(3,4)5/h8,11-12,15-17,19,26H,6-7,9-10,13-14H2,1-5H3,(H,25,28)/t15-,16+,17-,19-. The summed E-state index contributed by atoms with van der Waals surface area (Å²) in [5, 5.41) is 3.00. The number of amides is 1. The van der Waals surface area contributed by atoms with Gasteiger partial charge < -0.3 is 15.0 Å². The third-order valence-electron chi connectivity index (χ3n) is 6.20. The van der Waals surface area contributed by atoms with Crippen molar-refractivity contribution in [3.05, 3.63) is 24.0 Å². The first-order valence-corrected chi connectivity index (χ1v) is 12.9. The second kappa shape index (κ2) is 9.65. The molecule has 2 atom stereocenters. The maximum Gasteiger partial charge on any atom is 0.227 e. The zero-order valence-corrected chi connectivity index (χ0v) is 20.5. The van der Waals surface area contributed by atoms with Gasteiger partial charge in [-0.15, -0.1) is 0 Å². The Bertz CT molecular complexity index is 914. The molecule has 0 aromatic heterocycles. The Morgan fingerprint density at radius 3 is 2.25 bits per heavy atom. The molecule has 9 heteroatoms. The number of hydrogen-bond donors (Lipinski definition) is 2. The van der Waals surface area contributed by atoms with E-state index >= 15 is 0 Å². The highest BCUT2D eigenvalue weighted by molar-refractivity contribution is 7.90. The molecule has 2 aliphatic rings. The number of anilines is 2. The van der Waals surface area contributed by atoms with Crippen molar-refractivity contribution >= 4 is 27.3 Å². The molecule has 1 amide bonds. The van der Waals surface area contributed by atoms with Crippen molar-refractivity contribution < 1.29 is 22.3 Å². The lowest BCUT2D eigenvalue weighted by Crippen LogP contribution is -2.46. The van der Waals surface area contributed by atoms with E-state index in [1.54, 1.807) is 26.8 Å². The van der Waals surface area contributed by atoms with Crippen molar-refractivity contribution in [2.24, 2.45) is 5.92 Å². The number of nitrogens with zero attached hydrogens (tertiary/aromatic N) is 1. The number of halogens is 1. The van der Waals surface area contributed by atoms with E-state index in [0.29, 0.717) is 50.1 Å². The van der Waals surface area contributed by atoms with Gasteiger partial charge in [-0.25, -0.2) is 17.5 Å². The first-order valence-electron chi connectivity index (χ1n) is 11.4. The molecular weight excluding hydrogens is 433 g/mol. The molecule has 0 unspecified atom stereocenters. The minimum absolute atomic E-state index is 0.0118. The van der Waals surface area contributed by atoms with Crippen LogP contribution in [0, 0.1) is 11.7 Å². The number of ether oxygens (including phenoxy) is 1. The Labute approximate surface area is 191 Å². The SMILES string of the molecule is C[C@@H]1CN(c2cc(F)ccc2NC(=O)[C@H]2CC[C@H](NS(=O)(=O)C(C)(C)C)CC2)C[C@H](C)O1. The molecule has 0 bridgehead atoms. The van der Waals surface area contributed by atoms with Crippen LogP contribution in [-0.4, -0.2) is 50.4 Å². The number of morpholine rings is 1. The molecule has 0 spiro atoms. The number of nitrogens with one attached hydrogen (secondary N) is 2. The maximum absolute atomic E-state index is 14.0. The number of hydrogen-bond acceptors (Lipinski definition) is 5. The quantitative estimate of drug-likeness (QED) is 0.687. The van der Waals surface area contributed by atoms with E-state index in [4.69, 9.17) is 4.74 Å². The molecule has 1 aromatic rings. The van der Waals surface area contributed by atoms with Crippen LogP contribution in [0.2, 0.25) is 0 Å². The van der Waals surface area contributed by atoms with Crippen molar-refractivity contribution in [3.63, 3.8) is 0 Å². The summed E-state index contributed by atoms with van der Waals surface area (Å²) in [5.74, 6) is -0.661. The minimum atomic E-state index is -3.42. The van der Waals surface area contributed by atoms with Gasteiger partial charge >= 0.3 is 0 Å². The minimum Gasteiger partial charge on any atom is -0.372 e. The molecule has 0 radical (unpaired) electrons. The van der Waals surface area contributed by atoms with Crippen LogP contribution in [0.15, 0.2) is 18.2 Å². The topological polar surface area (TPSA) is 87.7 Å². The highest BCUT2D eigenvalue weighted by atomic mass is 32.2. The lowest BCUT2D eigenvalue weighted by molar-refractivity contribution is -0.120. The number of benzene rings is 1. The van der Waals surface area contributed by atoms with Gasteiger partial charge in [0.2, 0.25) is 15.9 Å². The molecule has 2 N–H and O–H groups in total. The maximum atomic E-state index is 14.0. The third-order valence-corrected chi connectivity index (χ3v) is 8.46. The van der Waals surface area contributed by atoms with Gasteiger partial charge in [0, 0.05) is 25.0 Å². The summed E-state index contributed by atoms with van der Waals surface area (Å²) in [7, 11) is -3.42. The van der Waals surface area contributed by atoms with Gasteiger partial charge in [0.1, 0.15) is 5.82 Å². The molecule has 1 saturated heterocycles. The van der Waals surface area contributed by atoms with Crippen LogP contribution in [0.3, 0.4) is 0 Å². The average Bonchev–Trinajstić information content (AvgIpc) is 2.68. The number of carbonyl (C=O) groups is 1. The van der Waals surface area contributed by atoms with Crippen molar-refractivity contribution in [2.45, 2.75) is 83.3 Å². The van der Waals surface area contributed by atoms with E-state index in [1.807, 2.05) is 13.8 Å². The van der Waals surface area contributed by atoms with E-state index < -0.39 is 14.8 Å². The molecular formula is C23H36FN3O4S. The lowest BCUT2D eigenvalue weighted by Gasteiger charge is -2.38. The van der Waals surface area contributed by atoms with Crippen molar-refractivity contribution in [1.29, 1.82) is 0 Å². The Kier molecular flexibility index (Phi) is 7.51. The van der Waals surface area contributed by atoms with Crippen LogP contribution in [0.1, 0.15) is 60.3 Å². The third kappa shape index (κ3) is 5.99. The van der Waals surface area contributed by atoms with Gasteiger partial charge in [-0.1, -0.05) is 0 Å². The zero-order valence-electron chi connectivity index (χ0n) is 19.7. The molecule has 1 aliphatic carbocycles. The van der Waals surface area contributed by atoms with Crippen LogP contribution >= 0.6 is 0 Å². The van der Waals surface area contributed by atoms with Crippen molar-refractivity contribution in [1.82, 2.24) is 4.72 Å². The number of rotatable bonds is 5. The van der Waals surface area contributed by atoms with Crippen LogP contribution in [-0.2, 0) is 19.6 Å². The van der Waals surface area contributed by atoms with Crippen LogP contribution in [0.4, 0.5) is 15.8 Å². The summed E-state index contributed by atoms with van der Waals surface area (Å²) >= 11 is 0. The monoisotopic (exact) mass is 469 g/mol. The summed E-state index contributed by atoms with van der Waals surface area (Å²) < 4.78 is 46.5. The molecule has 1 heterocycles. The van der Waals surface area contributed by atoms with Crippen LogP contribution in [0.5, 0.6) is 0 Å². The first kappa shape index (κ1) is 24.9. The van der Waals surface area contributed by atoms with E-state index in [-0.39, 0.29) is 35.9 Å². The second-order valence-electron chi connectivity index (χ2n) is 10.1. The Morgan fingerprint density at radius 2 is 1.69 bits per heavy atom.